The van der Waals surface area contributed by atoms with Crippen molar-refractivity contribution in [3.63, 3.8) is 0 Å². The van der Waals surface area contributed by atoms with Crippen molar-refractivity contribution >= 4 is 17.6 Å². The van der Waals surface area contributed by atoms with Gasteiger partial charge in [0.25, 0.3) is 0 Å². The van der Waals surface area contributed by atoms with E-state index in [-0.39, 0.29) is 6.42 Å². The zero-order valence-corrected chi connectivity index (χ0v) is 10.8. The molecule has 0 bridgehead atoms. The number of hydrogen-bond donors (Lipinski definition) is 2. The van der Waals surface area contributed by atoms with E-state index in [2.05, 4.69) is 0 Å². The third-order valence-electron chi connectivity index (χ3n) is 2.68. The van der Waals surface area contributed by atoms with Crippen LogP contribution in [0.3, 0.4) is 0 Å². The van der Waals surface area contributed by atoms with Gasteiger partial charge in [-0.2, -0.15) is 0 Å². The van der Waals surface area contributed by atoms with Crippen LogP contribution in [0, 0.1) is 13.8 Å². The molecule has 4 nitrogen and oxygen atoms in total. The summed E-state index contributed by atoms with van der Waals surface area (Å²) in [7, 11) is 1.52. The predicted molar refractivity (Wildman–Crippen MR) is 66.7 cm³/mol. The highest BCUT2D eigenvalue weighted by Crippen LogP contribution is 2.36. The Hall–Kier alpha value is -1.26. The molecule has 5 heteroatoms. The highest BCUT2D eigenvalue weighted by molar-refractivity contribution is 6.31. The summed E-state index contributed by atoms with van der Waals surface area (Å²) in [4.78, 5) is 10.7. The van der Waals surface area contributed by atoms with Gasteiger partial charge < -0.3 is 15.6 Å². The van der Waals surface area contributed by atoms with Gasteiger partial charge in [0.1, 0.15) is 5.75 Å². The number of halogens is 1. The molecule has 17 heavy (non-hydrogen) atoms. The van der Waals surface area contributed by atoms with E-state index >= 15 is 0 Å². The second-order valence-corrected chi connectivity index (χ2v) is 4.36. The fourth-order valence-electron chi connectivity index (χ4n) is 1.88. The number of methoxy groups -OCH3 is 1. The van der Waals surface area contributed by atoms with Crippen LogP contribution < -0.4 is 10.5 Å². The monoisotopic (exact) mass is 257 g/mol. The number of carboxylic acid groups (broad SMARTS) is 1. The van der Waals surface area contributed by atoms with E-state index < -0.39 is 12.0 Å². The minimum absolute atomic E-state index is 0.141. The van der Waals surface area contributed by atoms with Crippen LogP contribution in [0.2, 0.25) is 5.02 Å². The van der Waals surface area contributed by atoms with Crippen LogP contribution >= 0.6 is 11.6 Å². The van der Waals surface area contributed by atoms with E-state index in [0.717, 1.165) is 11.1 Å². The summed E-state index contributed by atoms with van der Waals surface area (Å²) in [6, 6.07) is 1.18. The number of carbonyl (C=O) groups is 1. The number of hydrogen-bond acceptors (Lipinski definition) is 3. The lowest BCUT2D eigenvalue weighted by molar-refractivity contribution is -0.137. The zero-order chi connectivity index (χ0) is 13.2. The van der Waals surface area contributed by atoms with E-state index in [0.29, 0.717) is 16.3 Å². The Morgan fingerprint density at radius 2 is 2.18 bits per heavy atom. The fourth-order valence-corrected chi connectivity index (χ4v) is 2.13. The number of ether oxygens (including phenoxy) is 1. The minimum atomic E-state index is -0.938. The van der Waals surface area contributed by atoms with Gasteiger partial charge in [0.2, 0.25) is 0 Å². The van der Waals surface area contributed by atoms with Crippen molar-refractivity contribution < 1.29 is 14.6 Å². The van der Waals surface area contributed by atoms with Gasteiger partial charge in [-0.15, -0.1) is 0 Å². The molecule has 0 saturated heterocycles. The number of nitrogens with two attached hydrogens (primary N) is 1. The minimum Gasteiger partial charge on any atom is -0.496 e. The van der Waals surface area contributed by atoms with Crippen molar-refractivity contribution in [2.45, 2.75) is 26.3 Å². The molecule has 1 unspecified atom stereocenters. The van der Waals surface area contributed by atoms with E-state index in [1.54, 1.807) is 6.07 Å². The Kier molecular flexibility index (Phi) is 4.37. The standard InChI is InChI=1S/C12H16ClNO3/c1-6-4-8(13)7(2)12(17-3)11(6)9(14)5-10(15)16/h4,9H,5,14H2,1-3H3,(H,15,16). The summed E-state index contributed by atoms with van der Waals surface area (Å²) in [5, 5.41) is 9.37. The molecule has 1 atom stereocenters. The molecule has 0 aliphatic carbocycles. The van der Waals surface area contributed by atoms with Crippen LogP contribution in [0.15, 0.2) is 6.07 Å². The van der Waals surface area contributed by atoms with Crippen molar-refractivity contribution in [3.05, 3.63) is 27.8 Å². The summed E-state index contributed by atoms with van der Waals surface area (Å²) >= 11 is 6.04. The summed E-state index contributed by atoms with van der Waals surface area (Å²) in [6.45, 7) is 3.66. The first-order chi connectivity index (χ1) is 7.88. The molecule has 0 aliphatic heterocycles. The summed E-state index contributed by atoms with van der Waals surface area (Å²) in [6.07, 6.45) is -0.141. The maximum atomic E-state index is 10.7. The van der Waals surface area contributed by atoms with E-state index in [4.69, 9.17) is 27.2 Å². The third kappa shape index (κ3) is 2.90. The molecule has 0 saturated carbocycles. The van der Waals surface area contributed by atoms with Gasteiger partial charge in [-0.25, -0.2) is 0 Å². The molecule has 0 spiro atoms. The predicted octanol–water partition coefficient (Wildman–Crippen LogP) is 2.44. The van der Waals surface area contributed by atoms with Crippen molar-refractivity contribution in [1.82, 2.24) is 0 Å². The Labute approximate surface area is 105 Å². The summed E-state index contributed by atoms with van der Waals surface area (Å²) in [5.41, 5.74) is 8.21. The van der Waals surface area contributed by atoms with Gasteiger partial charge in [0.05, 0.1) is 13.5 Å². The molecule has 0 aromatic heterocycles. The maximum Gasteiger partial charge on any atom is 0.305 e. The average Bonchev–Trinajstić information content (AvgIpc) is 2.21. The van der Waals surface area contributed by atoms with Gasteiger partial charge in [-0.3, -0.25) is 4.79 Å². The molecule has 0 amide bonds. The van der Waals surface area contributed by atoms with Crippen LogP contribution in [-0.2, 0) is 4.79 Å². The Morgan fingerprint density at radius 1 is 1.59 bits per heavy atom. The van der Waals surface area contributed by atoms with E-state index in [9.17, 15) is 4.79 Å². The number of aliphatic carboxylic acids is 1. The molecule has 3 N–H and O–H groups in total. The summed E-state index contributed by atoms with van der Waals surface area (Å²) in [5.74, 6) is -0.365. The number of carboxylic acids is 1. The lowest BCUT2D eigenvalue weighted by Gasteiger charge is -2.19. The molecular weight excluding hydrogens is 242 g/mol. The second-order valence-electron chi connectivity index (χ2n) is 3.95. The topological polar surface area (TPSA) is 72.5 Å². The normalized spacial score (nSPS) is 12.3. The average molecular weight is 258 g/mol. The third-order valence-corrected chi connectivity index (χ3v) is 3.07. The van der Waals surface area contributed by atoms with Crippen LogP contribution in [0.5, 0.6) is 5.75 Å². The largest absolute Gasteiger partial charge is 0.496 e. The highest BCUT2D eigenvalue weighted by atomic mass is 35.5. The molecule has 1 aromatic carbocycles. The quantitative estimate of drug-likeness (QED) is 0.869. The first-order valence-electron chi connectivity index (χ1n) is 5.19. The number of benzene rings is 1. The SMILES string of the molecule is COc1c(C)c(Cl)cc(C)c1C(N)CC(=O)O. The zero-order valence-electron chi connectivity index (χ0n) is 10.1. The molecule has 94 valence electrons. The maximum absolute atomic E-state index is 10.7. The first-order valence-corrected chi connectivity index (χ1v) is 5.57. The molecule has 0 heterocycles. The van der Waals surface area contributed by atoms with Crippen LogP contribution in [0.1, 0.15) is 29.2 Å². The van der Waals surface area contributed by atoms with Gasteiger partial charge in [-0.1, -0.05) is 11.6 Å². The second kappa shape index (κ2) is 5.38. The first kappa shape index (κ1) is 13.8. The van der Waals surface area contributed by atoms with Crippen molar-refractivity contribution in [1.29, 1.82) is 0 Å². The molecule has 0 radical (unpaired) electrons. The van der Waals surface area contributed by atoms with Crippen LogP contribution in [-0.4, -0.2) is 18.2 Å². The molecule has 0 aliphatic rings. The molecule has 1 rings (SSSR count). The number of rotatable bonds is 4. The Bertz CT molecular complexity index is 446. The summed E-state index contributed by atoms with van der Waals surface area (Å²) < 4.78 is 5.28. The van der Waals surface area contributed by atoms with E-state index in [1.165, 1.54) is 7.11 Å². The molecule has 0 fully saturated rings. The fraction of sp³-hybridized carbons (Fsp3) is 0.417. The van der Waals surface area contributed by atoms with Gasteiger partial charge >= 0.3 is 5.97 Å². The van der Waals surface area contributed by atoms with Crippen molar-refractivity contribution in [2.24, 2.45) is 5.73 Å². The van der Waals surface area contributed by atoms with Crippen LogP contribution in [0.25, 0.3) is 0 Å². The number of aryl methyl sites for hydroxylation is 1. The Morgan fingerprint density at radius 3 is 2.65 bits per heavy atom. The van der Waals surface area contributed by atoms with Crippen LogP contribution in [0.4, 0.5) is 0 Å². The van der Waals surface area contributed by atoms with Gasteiger partial charge in [-0.05, 0) is 25.5 Å². The van der Waals surface area contributed by atoms with Gasteiger partial charge in [0, 0.05) is 22.2 Å². The lowest BCUT2D eigenvalue weighted by Crippen LogP contribution is -2.17. The van der Waals surface area contributed by atoms with Crippen molar-refractivity contribution in [3.8, 4) is 5.75 Å². The smallest absolute Gasteiger partial charge is 0.305 e. The highest BCUT2D eigenvalue weighted by Gasteiger charge is 2.20. The molecular formula is C12H16ClNO3. The lowest BCUT2D eigenvalue weighted by atomic mass is 9.96. The molecule has 1 aromatic rings. The van der Waals surface area contributed by atoms with Gasteiger partial charge in [0.15, 0.2) is 0 Å². The van der Waals surface area contributed by atoms with E-state index in [1.807, 2.05) is 13.8 Å². The Balaban J connectivity index is 3.31. The van der Waals surface area contributed by atoms with Crippen molar-refractivity contribution in [2.75, 3.05) is 7.11 Å².